The molecule has 5 rings (SSSR count). The molecule has 0 bridgehead atoms. The van der Waals surface area contributed by atoms with Gasteiger partial charge in [-0.15, -0.1) is 0 Å². The van der Waals surface area contributed by atoms with E-state index >= 15 is 0 Å². The van der Waals surface area contributed by atoms with Gasteiger partial charge in [-0.25, -0.2) is 9.78 Å². The van der Waals surface area contributed by atoms with E-state index in [0.717, 1.165) is 54.5 Å². The van der Waals surface area contributed by atoms with Crippen LogP contribution in [0.15, 0.2) is 46.9 Å². The number of oxazole rings is 1. The van der Waals surface area contributed by atoms with Crippen molar-refractivity contribution in [1.82, 2.24) is 10.3 Å². The minimum Gasteiger partial charge on any atom is -0.480 e. The average molecular weight is 491 g/mol. The second-order valence-corrected chi connectivity index (χ2v) is 10.2. The quantitative estimate of drug-likeness (QED) is 0.423. The number of nitrogens with one attached hydrogen (secondary N) is 1. The van der Waals surface area contributed by atoms with E-state index in [2.05, 4.69) is 29.6 Å². The molecule has 2 atom stereocenters. The summed E-state index contributed by atoms with van der Waals surface area (Å²) in [5.41, 5.74) is 0.632. The second-order valence-electron chi connectivity index (χ2n) is 10.2. The first-order valence-corrected chi connectivity index (χ1v) is 13.1. The van der Waals surface area contributed by atoms with Gasteiger partial charge >= 0.3 is 5.97 Å². The van der Waals surface area contributed by atoms with Crippen LogP contribution >= 0.6 is 0 Å². The summed E-state index contributed by atoms with van der Waals surface area (Å²) < 4.78 is 12.3. The highest BCUT2D eigenvalue weighted by Crippen LogP contribution is 2.33. The number of hydrogen-bond donors (Lipinski definition) is 2. The number of carbonyl (C=O) groups is 2. The van der Waals surface area contributed by atoms with E-state index in [1.807, 2.05) is 25.1 Å². The van der Waals surface area contributed by atoms with Crippen LogP contribution in [-0.4, -0.2) is 33.6 Å². The third kappa shape index (κ3) is 5.03. The number of carboxylic acids is 1. The van der Waals surface area contributed by atoms with Crippen LogP contribution in [0.3, 0.4) is 0 Å². The van der Waals surface area contributed by atoms with Crippen molar-refractivity contribution < 1.29 is 23.8 Å². The molecular formula is C29H34N2O5. The summed E-state index contributed by atoms with van der Waals surface area (Å²) in [7, 11) is 0. The lowest BCUT2D eigenvalue weighted by Gasteiger charge is -2.32. The monoisotopic (exact) mass is 490 g/mol. The summed E-state index contributed by atoms with van der Waals surface area (Å²) >= 11 is 0. The zero-order valence-corrected chi connectivity index (χ0v) is 20.8. The maximum absolute atomic E-state index is 13.0. The third-order valence-electron chi connectivity index (χ3n) is 7.78. The maximum Gasteiger partial charge on any atom is 0.329 e. The molecule has 1 aromatic heterocycles. The number of rotatable bonds is 8. The Morgan fingerprint density at radius 1 is 1.11 bits per heavy atom. The molecule has 0 aliphatic heterocycles. The topological polar surface area (TPSA) is 102 Å². The lowest BCUT2D eigenvalue weighted by Crippen LogP contribution is -2.54. The minimum atomic E-state index is -1.10. The molecule has 2 aliphatic rings. The van der Waals surface area contributed by atoms with Gasteiger partial charge in [-0.3, -0.25) is 4.79 Å². The molecule has 190 valence electrons. The normalized spacial score (nSPS) is 21.5. The van der Waals surface area contributed by atoms with Gasteiger partial charge in [-0.1, -0.05) is 56.5 Å². The Morgan fingerprint density at radius 3 is 2.64 bits per heavy atom. The molecule has 0 saturated heterocycles. The number of aryl methyl sites for hydroxylation is 1. The number of hydrogen-bond acceptors (Lipinski definition) is 5. The molecule has 0 spiro atoms. The molecule has 0 unspecified atom stereocenters. The van der Waals surface area contributed by atoms with Crippen LogP contribution in [0.25, 0.3) is 22.2 Å². The first-order chi connectivity index (χ1) is 17.5. The Morgan fingerprint density at radius 2 is 1.89 bits per heavy atom. The maximum atomic E-state index is 13.0. The van der Waals surface area contributed by atoms with E-state index in [9.17, 15) is 14.7 Å². The van der Waals surface area contributed by atoms with Crippen LogP contribution in [0.2, 0.25) is 0 Å². The van der Waals surface area contributed by atoms with Crippen molar-refractivity contribution in [2.75, 3.05) is 0 Å². The third-order valence-corrected chi connectivity index (χ3v) is 7.78. The van der Waals surface area contributed by atoms with Gasteiger partial charge in [0.1, 0.15) is 17.0 Å². The first-order valence-electron chi connectivity index (χ1n) is 13.1. The minimum absolute atomic E-state index is 0.0654. The van der Waals surface area contributed by atoms with Crippen molar-refractivity contribution >= 4 is 22.6 Å². The lowest BCUT2D eigenvalue weighted by molar-refractivity contribution is -0.148. The SMILES string of the molecule is CCc1oc(-c2ccc3ccccc3c2)nc1CO[C@@H]1CCC[C@H](C(=O)NC2(C(=O)O)CCCC2)C1. The van der Waals surface area contributed by atoms with Crippen molar-refractivity contribution in [2.45, 2.75) is 83.0 Å². The summed E-state index contributed by atoms with van der Waals surface area (Å²) in [4.78, 5) is 29.6. The van der Waals surface area contributed by atoms with Crippen molar-refractivity contribution in [3.8, 4) is 11.5 Å². The van der Waals surface area contributed by atoms with E-state index < -0.39 is 11.5 Å². The van der Waals surface area contributed by atoms with Crippen LogP contribution in [0.5, 0.6) is 0 Å². The van der Waals surface area contributed by atoms with Crippen molar-refractivity contribution in [1.29, 1.82) is 0 Å². The fourth-order valence-corrected chi connectivity index (χ4v) is 5.66. The number of nitrogens with zero attached hydrogens (tertiary/aromatic N) is 1. The number of benzene rings is 2. The molecule has 2 aliphatic carbocycles. The summed E-state index contributed by atoms with van der Waals surface area (Å²) in [6.07, 6.45) is 6.45. The number of ether oxygens (including phenoxy) is 1. The number of aliphatic carboxylic acids is 1. The van der Waals surface area contributed by atoms with Gasteiger partial charge in [0.25, 0.3) is 0 Å². The fraction of sp³-hybridized carbons (Fsp3) is 0.483. The molecule has 2 N–H and O–H groups in total. The lowest BCUT2D eigenvalue weighted by atomic mass is 9.85. The van der Waals surface area contributed by atoms with Crippen LogP contribution in [0, 0.1) is 5.92 Å². The molecule has 0 radical (unpaired) electrons. The molecule has 1 heterocycles. The molecule has 2 aromatic carbocycles. The van der Waals surface area contributed by atoms with Gasteiger partial charge in [0, 0.05) is 17.9 Å². The van der Waals surface area contributed by atoms with Crippen LogP contribution in [0.4, 0.5) is 0 Å². The van der Waals surface area contributed by atoms with Gasteiger partial charge in [0.05, 0.1) is 12.7 Å². The zero-order chi connectivity index (χ0) is 25.1. The van der Waals surface area contributed by atoms with E-state index in [4.69, 9.17) is 14.1 Å². The molecule has 2 fully saturated rings. The molecule has 3 aromatic rings. The standard InChI is InChI=1S/C29H34N2O5/c1-2-25-24(30-27(36-25)22-13-12-19-8-3-4-9-20(19)16-22)18-35-23-11-7-10-21(17-23)26(32)31-29(28(33)34)14-5-6-15-29/h3-4,8-9,12-13,16,21,23H,2,5-7,10-11,14-15,17-18H2,1H3,(H,31,32)(H,33,34)/t21-,23+/m0/s1. The van der Waals surface area contributed by atoms with Gasteiger partial charge in [-0.05, 0) is 55.0 Å². The molecule has 7 heteroatoms. The van der Waals surface area contributed by atoms with Crippen LogP contribution in [-0.2, 0) is 27.4 Å². The zero-order valence-electron chi connectivity index (χ0n) is 20.8. The Bertz CT molecular complexity index is 1240. The van der Waals surface area contributed by atoms with Crippen molar-refractivity contribution in [2.24, 2.45) is 5.92 Å². The first kappa shape index (κ1) is 24.5. The van der Waals surface area contributed by atoms with Gasteiger partial charge < -0.3 is 19.6 Å². The molecular weight excluding hydrogens is 456 g/mol. The van der Waals surface area contributed by atoms with Crippen LogP contribution < -0.4 is 5.32 Å². The molecule has 7 nitrogen and oxygen atoms in total. The predicted octanol–water partition coefficient (Wildman–Crippen LogP) is 5.65. The van der Waals surface area contributed by atoms with Crippen molar-refractivity contribution in [3.63, 3.8) is 0 Å². The van der Waals surface area contributed by atoms with Gasteiger partial charge in [-0.2, -0.15) is 0 Å². The largest absolute Gasteiger partial charge is 0.480 e. The van der Waals surface area contributed by atoms with E-state index in [1.54, 1.807) is 0 Å². The number of amides is 1. The predicted molar refractivity (Wildman–Crippen MR) is 136 cm³/mol. The van der Waals surface area contributed by atoms with Gasteiger partial charge in [0.2, 0.25) is 11.8 Å². The highest BCUT2D eigenvalue weighted by molar-refractivity contribution is 5.88. The highest BCUT2D eigenvalue weighted by atomic mass is 16.5. The number of carboxylic acid groups (broad SMARTS) is 1. The van der Waals surface area contributed by atoms with E-state index in [1.165, 1.54) is 5.39 Å². The van der Waals surface area contributed by atoms with E-state index in [0.29, 0.717) is 38.2 Å². The van der Waals surface area contributed by atoms with Crippen molar-refractivity contribution in [3.05, 3.63) is 53.9 Å². The Balaban J connectivity index is 1.23. The molecule has 1 amide bonds. The summed E-state index contributed by atoms with van der Waals surface area (Å²) in [6.45, 7) is 2.37. The Kier molecular flexibility index (Phi) is 7.10. The molecule has 2 saturated carbocycles. The Hall–Kier alpha value is -3.19. The number of aromatic nitrogens is 1. The number of carbonyl (C=O) groups excluding carboxylic acids is 1. The highest BCUT2D eigenvalue weighted by Gasteiger charge is 2.44. The fourth-order valence-electron chi connectivity index (χ4n) is 5.66. The average Bonchev–Trinajstić information content (AvgIpc) is 3.55. The summed E-state index contributed by atoms with van der Waals surface area (Å²) in [5.74, 6) is 0.108. The van der Waals surface area contributed by atoms with Crippen LogP contribution in [0.1, 0.15) is 69.7 Å². The summed E-state index contributed by atoms with van der Waals surface area (Å²) in [5, 5.41) is 14.9. The smallest absolute Gasteiger partial charge is 0.329 e. The van der Waals surface area contributed by atoms with E-state index in [-0.39, 0.29) is 17.9 Å². The van der Waals surface area contributed by atoms with Gasteiger partial charge in [0.15, 0.2) is 0 Å². The molecule has 36 heavy (non-hydrogen) atoms. The second kappa shape index (κ2) is 10.4. The summed E-state index contributed by atoms with van der Waals surface area (Å²) in [6, 6.07) is 14.4. The Labute approximate surface area is 211 Å². The number of fused-ring (bicyclic) bond motifs is 1.